The molecule has 5 heteroatoms. The number of anilines is 1. The summed E-state index contributed by atoms with van der Waals surface area (Å²) in [6.07, 6.45) is 1.98. The van der Waals surface area contributed by atoms with E-state index >= 15 is 0 Å². The van der Waals surface area contributed by atoms with Gasteiger partial charge < -0.3 is 10.2 Å². The monoisotopic (exact) mass is 286 g/mol. The first-order valence-electron chi connectivity index (χ1n) is 6.00. The molecule has 0 saturated carbocycles. The van der Waals surface area contributed by atoms with Gasteiger partial charge in [-0.05, 0) is 44.6 Å². The number of rotatable bonds is 2. The molecule has 3 nitrogen and oxygen atoms in total. The van der Waals surface area contributed by atoms with Crippen LogP contribution in [0.15, 0.2) is 18.2 Å². The van der Waals surface area contributed by atoms with Gasteiger partial charge in [-0.2, -0.15) is 0 Å². The van der Waals surface area contributed by atoms with Crippen LogP contribution in [0.2, 0.25) is 10.0 Å². The molecule has 0 bridgehead atoms. The fourth-order valence-electron chi connectivity index (χ4n) is 2.21. The zero-order chi connectivity index (χ0) is 13.1. The van der Waals surface area contributed by atoms with Crippen LogP contribution in [0.4, 0.5) is 5.69 Å². The van der Waals surface area contributed by atoms with Gasteiger partial charge in [0.1, 0.15) is 0 Å². The Morgan fingerprint density at radius 2 is 2.22 bits per heavy atom. The minimum absolute atomic E-state index is 0.0192. The normalized spacial score (nSPS) is 20.7. The van der Waals surface area contributed by atoms with Crippen molar-refractivity contribution in [3.05, 3.63) is 28.2 Å². The van der Waals surface area contributed by atoms with Crippen molar-refractivity contribution in [3.8, 4) is 0 Å². The van der Waals surface area contributed by atoms with Gasteiger partial charge >= 0.3 is 0 Å². The molecule has 0 radical (unpaired) electrons. The quantitative estimate of drug-likeness (QED) is 0.905. The highest BCUT2D eigenvalue weighted by atomic mass is 35.5. The lowest BCUT2D eigenvalue weighted by Gasteiger charge is -2.28. The zero-order valence-electron chi connectivity index (χ0n) is 10.2. The van der Waals surface area contributed by atoms with E-state index in [1.165, 1.54) is 0 Å². The van der Waals surface area contributed by atoms with Crippen LogP contribution >= 0.6 is 23.2 Å². The molecule has 1 aliphatic rings. The van der Waals surface area contributed by atoms with Crippen molar-refractivity contribution in [2.24, 2.45) is 5.92 Å². The largest absolute Gasteiger partial charge is 0.324 e. The second-order valence-corrected chi connectivity index (χ2v) is 5.56. The van der Waals surface area contributed by atoms with Crippen LogP contribution in [0.3, 0.4) is 0 Å². The van der Waals surface area contributed by atoms with Gasteiger partial charge in [0.15, 0.2) is 0 Å². The molecule has 98 valence electrons. The Hall–Kier alpha value is -0.770. The molecule has 0 aliphatic carbocycles. The van der Waals surface area contributed by atoms with Gasteiger partial charge in [-0.25, -0.2) is 0 Å². The first-order chi connectivity index (χ1) is 8.56. The Kier molecular flexibility index (Phi) is 4.49. The highest BCUT2D eigenvalue weighted by Gasteiger charge is 2.24. The molecule has 18 heavy (non-hydrogen) atoms. The van der Waals surface area contributed by atoms with Crippen LogP contribution in [0.25, 0.3) is 0 Å². The lowest BCUT2D eigenvalue weighted by molar-refractivity contribution is -0.121. The second-order valence-electron chi connectivity index (χ2n) is 4.71. The average molecular weight is 287 g/mol. The number of carbonyl (C=O) groups excluding carboxylic acids is 1. The standard InChI is InChI=1S/C13H16Cl2N2O/c1-17-6-2-3-9(8-17)13(18)16-12-7-10(14)4-5-11(12)15/h4-5,7,9H,2-3,6,8H2,1H3,(H,16,18)/t9-/m0/s1. The molecule has 1 amide bonds. The van der Waals surface area contributed by atoms with Crippen molar-refractivity contribution in [3.63, 3.8) is 0 Å². The maximum Gasteiger partial charge on any atom is 0.228 e. The van der Waals surface area contributed by atoms with Gasteiger partial charge in [-0.1, -0.05) is 23.2 Å². The van der Waals surface area contributed by atoms with E-state index < -0.39 is 0 Å². The maximum atomic E-state index is 12.1. The molecule has 0 aromatic heterocycles. The molecule has 1 aliphatic heterocycles. The maximum absolute atomic E-state index is 12.1. The van der Waals surface area contributed by atoms with Crippen molar-refractivity contribution in [2.45, 2.75) is 12.8 Å². The molecule has 0 unspecified atom stereocenters. The van der Waals surface area contributed by atoms with Crippen LogP contribution < -0.4 is 5.32 Å². The highest BCUT2D eigenvalue weighted by molar-refractivity contribution is 6.35. The number of hydrogen-bond acceptors (Lipinski definition) is 2. The summed E-state index contributed by atoms with van der Waals surface area (Å²) in [4.78, 5) is 14.3. The van der Waals surface area contributed by atoms with Gasteiger partial charge in [0.2, 0.25) is 5.91 Å². The number of likely N-dealkylation sites (tertiary alicyclic amines) is 1. The number of benzene rings is 1. The van der Waals surface area contributed by atoms with Crippen LogP contribution in [0, 0.1) is 5.92 Å². The topological polar surface area (TPSA) is 32.3 Å². The lowest BCUT2D eigenvalue weighted by Crippen LogP contribution is -2.38. The predicted molar refractivity (Wildman–Crippen MR) is 75.3 cm³/mol. The van der Waals surface area contributed by atoms with Crippen LogP contribution in [-0.4, -0.2) is 30.9 Å². The van der Waals surface area contributed by atoms with E-state index in [9.17, 15) is 4.79 Å². The van der Waals surface area contributed by atoms with Crippen molar-refractivity contribution in [1.29, 1.82) is 0 Å². The molecular formula is C13H16Cl2N2O. The average Bonchev–Trinajstić information content (AvgIpc) is 2.34. The zero-order valence-corrected chi connectivity index (χ0v) is 11.8. The van der Waals surface area contributed by atoms with Gasteiger partial charge in [-0.3, -0.25) is 4.79 Å². The summed E-state index contributed by atoms with van der Waals surface area (Å²) in [5, 5.41) is 3.94. The first-order valence-corrected chi connectivity index (χ1v) is 6.76. The number of nitrogens with zero attached hydrogens (tertiary/aromatic N) is 1. The Labute approximate surface area is 117 Å². The minimum Gasteiger partial charge on any atom is -0.324 e. The molecule has 1 atom stereocenters. The molecule has 0 spiro atoms. The summed E-state index contributed by atoms with van der Waals surface area (Å²) in [7, 11) is 2.03. The van der Waals surface area contributed by atoms with Crippen molar-refractivity contribution in [1.82, 2.24) is 4.90 Å². The van der Waals surface area contributed by atoms with Crippen LogP contribution in [0.1, 0.15) is 12.8 Å². The molecule has 1 saturated heterocycles. The summed E-state index contributed by atoms with van der Waals surface area (Å²) < 4.78 is 0. The van der Waals surface area contributed by atoms with E-state index in [0.717, 1.165) is 25.9 Å². The number of carbonyl (C=O) groups is 1. The Morgan fingerprint density at radius 1 is 1.44 bits per heavy atom. The van der Waals surface area contributed by atoms with Gasteiger partial charge in [0.25, 0.3) is 0 Å². The van der Waals surface area contributed by atoms with E-state index in [1.54, 1.807) is 18.2 Å². The fourth-order valence-corrected chi connectivity index (χ4v) is 2.55. The summed E-state index contributed by atoms with van der Waals surface area (Å²) in [6.45, 7) is 1.85. The molecule has 1 aromatic rings. The Balaban J connectivity index is 2.04. The van der Waals surface area contributed by atoms with E-state index in [4.69, 9.17) is 23.2 Å². The number of amides is 1. The van der Waals surface area contributed by atoms with Crippen LogP contribution in [-0.2, 0) is 4.79 Å². The highest BCUT2D eigenvalue weighted by Crippen LogP contribution is 2.26. The number of nitrogens with one attached hydrogen (secondary N) is 1. The molecule has 2 rings (SSSR count). The van der Waals surface area contributed by atoms with Gasteiger partial charge in [0, 0.05) is 11.6 Å². The second kappa shape index (κ2) is 5.91. The number of hydrogen-bond donors (Lipinski definition) is 1. The third kappa shape index (κ3) is 3.37. The number of piperidine rings is 1. The predicted octanol–water partition coefficient (Wildman–Crippen LogP) is 3.27. The van der Waals surface area contributed by atoms with E-state index in [0.29, 0.717) is 15.7 Å². The van der Waals surface area contributed by atoms with Gasteiger partial charge in [0.05, 0.1) is 16.6 Å². The molecule has 1 N–H and O–H groups in total. The third-order valence-corrected chi connectivity index (χ3v) is 3.75. The molecule has 1 heterocycles. The Bertz CT molecular complexity index is 451. The lowest BCUT2D eigenvalue weighted by atomic mass is 9.97. The van der Waals surface area contributed by atoms with Gasteiger partial charge in [-0.15, -0.1) is 0 Å². The van der Waals surface area contributed by atoms with Crippen LogP contribution in [0.5, 0.6) is 0 Å². The first kappa shape index (κ1) is 13.7. The van der Waals surface area contributed by atoms with Crippen molar-refractivity contribution in [2.75, 3.05) is 25.5 Å². The van der Waals surface area contributed by atoms with E-state index in [1.807, 2.05) is 7.05 Å². The van der Waals surface area contributed by atoms with E-state index in [-0.39, 0.29) is 11.8 Å². The summed E-state index contributed by atoms with van der Waals surface area (Å²) in [5.74, 6) is 0.0458. The molecular weight excluding hydrogens is 271 g/mol. The minimum atomic E-state index is 0.0192. The summed E-state index contributed by atoms with van der Waals surface area (Å²) in [5.41, 5.74) is 0.586. The molecule has 1 aromatic carbocycles. The fraction of sp³-hybridized carbons (Fsp3) is 0.462. The Morgan fingerprint density at radius 3 is 2.94 bits per heavy atom. The summed E-state index contributed by atoms with van der Waals surface area (Å²) >= 11 is 11.9. The van der Waals surface area contributed by atoms with E-state index in [2.05, 4.69) is 10.2 Å². The SMILES string of the molecule is CN1CCC[C@H](C(=O)Nc2cc(Cl)ccc2Cl)C1. The molecule has 1 fully saturated rings. The summed E-state index contributed by atoms with van der Waals surface area (Å²) in [6, 6.07) is 5.06. The van der Waals surface area contributed by atoms with Crippen molar-refractivity contribution >= 4 is 34.8 Å². The smallest absolute Gasteiger partial charge is 0.228 e. The van der Waals surface area contributed by atoms with Crippen molar-refractivity contribution < 1.29 is 4.79 Å². The third-order valence-electron chi connectivity index (χ3n) is 3.18. The number of halogens is 2.